The van der Waals surface area contributed by atoms with E-state index in [4.69, 9.17) is 14.6 Å². The first-order valence-electron chi connectivity index (χ1n) is 6.50. The van der Waals surface area contributed by atoms with Gasteiger partial charge in [0.15, 0.2) is 0 Å². The fourth-order valence-electron chi connectivity index (χ4n) is 2.01. The van der Waals surface area contributed by atoms with Gasteiger partial charge in [0.1, 0.15) is 17.1 Å². The fraction of sp³-hybridized carbons (Fsp3) is 0.643. The molecule has 108 valence electrons. The second kappa shape index (κ2) is 6.73. The fourth-order valence-corrected chi connectivity index (χ4v) is 2.01. The molecule has 1 aromatic rings. The maximum Gasteiger partial charge on any atom is 0.339 e. The van der Waals surface area contributed by atoms with Gasteiger partial charge >= 0.3 is 5.97 Å². The zero-order valence-electron chi connectivity index (χ0n) is 11.8. The van der Waals surface area contributed by atoms with Crippen LogP contribution in [-0.2, 0) is 6.54 Å². The lowest BCUT2D eigenvalue weighted by atomic mass is 9.88. The molecular formula is C14H23NO4. The number of rotatable bonds is 8. The molecule has 0 aromatic carbocycles. The van der Waals surface area contributed by atoms with Crippen molar-refractivity contribution < 1.29 is 19.4 Å². The third-order valence-electron chi connectivity index (χ3n) is 3.11. The van der Waals surface area contributed by atoms with Crippen molar-refractivity contribution in [3.05, 3.63) is 23.2 Å². The van der Waals surface area contributed by atoms with Gasteiger partial charge < -0.3 is 19.9 Å². The van der Waals surface area contributed by atoms with Crippen molar-refractivity contribution in [2.24, 2.45) is 5.41 Å². The Morgan fingerprint density at radius 3 is 2.68 bits per heavy atom. The number of carboxylic acid groups (broad SMARTS) is 1. The average Bonchev–Trinajstić information content (AvgIpc) is 2.68. The second-order valence-electron chi connectivity index (χ2n) is 5.58. The molecular weight excluding hydrogens is 246 g/mol. The minimum atomic E-state index is -0.962. The number of hydrogen-bond acceptors (Lipinski definition) is 4. The van der Waals surface area contributed by atoms with Crippen molar-refractivity contribution in [2.45, 2.75) is 40.2 Å². The van der Waals surface area contributed by atoms with Crippen LogP contribution in [0, 0.1) is 12.3 Å². The highest BCUT2D eigenvalue weighted by molar-refractivity contribution is 5.88. The highest BCUT2D eigenvalue weighted by Gasteiger charge is 2.18. The van der Waals surface area contributed by atoms with Crippen molar-refractivity contribution in [2.75, 3.05) is 13.2 Å². The molecule has 1 heterocycles. The minimum absolute atomic E-state index is 0.0972. The molecule has 3 N–H and O–H groups in total. The number of aliphatic hydroxyl groups excluding tert-OH is 1. The molecule has 1 aromatic heterocycles. The van der Waals surface area contributed by atoms with E-state index in [1.165, 1.54) is 0 Å². The number of aromatic carboxylic acids is 1. The lowest BCUT2D eigenvalue weighted by molar-refractivity contribution is 0.0695. The number of hydrogen-bond donors (Lipinski definition) is 3. The van der Waals surface area contributed by atoms with Gasteiger partial charge in [0, 0.05) is 13.2 Å². The predicted molar refractivity (Wildman–Crippen MR) is 72.2 cm³/mol. The van der Waals surface area contributed by atoms with Crippen LogP contribution in [0.1, 0.15) is 48.6 Å². The smallest absolute Gasteiger partial charge is 0.339 e. The van der Waals surface area contributed by atoms with Gasteiger partial charge in [-0.15, -0.1) is 0 Å². The quantitative estimate of drug-likeness (QED) is 0.673. The molecule has 0 aliphatic heterocycles. The largest absolute Gasteiger partial charge is 0.478 e. The Labute approximate surface area is 113 Å². The maximum absolute atomic E-state index is 10.9. The van der Waals surface area contributed by atoms with Gasteiger partial charge in [0.25, 0.3) is 0 Å². The lowest BCUT2D eigenvalue weighted by Crippen LogP contribution is -2.29. The van der Waals surface area contributed by atoms with E-state index in [2.05, 4.69) is 19.2 Å². The van der Waals surface area contributed by atoms with Crippen LogP contribution in [0.15, 0.2) is 10.5 Å². The summed E-state index contributed by atoms with van der Waals surface area (Å²) >= 11 is 0. The number of carbonyl (C=O) groups is 1. The molecule has 0 fully saturated rings. The number of aryl methyl sites for hydroxylation is 1. The maximum atomic E-state index is 10.9. The Hall–Kier alpha value is -1.33. The Bertz CT molecular complexity index is 423. The van der Waals surface area contributed by atoms with E-state index in [1.807, 2.05) is 0 Å². The molecule has 0 bridgehead atoms. The normalized spacial score (nSPS) is 11.8. The molecule has 5 nitrogen and oxygen atoms in total. The van der Waals surface area contributed by atoms with E-state index in [1.54, 1.807) is 13.0 Å². The topological polar surface area (TPSA) is 82.7 Å². The summed E-state index contributed by atoms with van der Waals surface area (Å²) in [5.41, 5.74) is 0.316. The Morgan fingerprint density at radius 1 is 1.47 bits per heavy atom. The molecule has 0 aliphatic rings. The van der Waals surface area contributed by atoms with Crippen LogP contribution in [0.25, 0.3) is 0 Å². The van der Waals surface area contributed by atoms with E-state index in [0.717, 1.165) is 19.4 Å². The third-order valence-corrected chi connectivity index (χ3v) is 3.11. The van der Waals surface area contributed by atoms with Gasteiger partial charge in [0.2, 0.25) is 0 Å². The molecule has 0 atom stereocenters. The van der Waals surface area contributed by atoms with E-state index in [0.29, 0.717) is 18.1 Å². The van der Waals surface area contributed by atoms with Crippen LogP contribution in [0.5, 0.6) is 0 Å². The zero-order valence-corrected chi connectivity index (χ0v) is 11.8. The summed E-state index contributed by atoms with van der Waals surface area (Å²) in [4.78, 5) is 10.9. The SMILES string of the molecule is Cc1oc(CNCC(C)(C)CCCO)cc1C(=O)O. The van der Waals surface area contributed by atoms with Crippen molar-refractivity contribution in [1.82, 2.24) is 5.32 Å². The van der Waals surface area contributed by atoms with Gasteiger partial charge in [-0.1, -0.05) is 13.8 Å². The van der Waals surface area contributed by atoms with Crippen LogP contribution < -0.4 is 5.32 Å². The molecule has 5 heteroatoms. The zero-order chi connectivity index (χ0) is 14.5. The van der Waals surface area contributed by atoms with Crippen molar-refractivity contribution in [3.8, 4) is 0 Å². The Balaban J connectivity index is 2.45. The first-order chi connectivity index (χ1) is 8.85. The van der Waals surface area contributed by atoms with Crippen LogP contribution in [-0.4, -0.2) is 29.3 Å². The molecule has 0 saturated carbocycles. The summed E-state index contributed by atoms with van der Waals surface area (Å²) in [7, 11) is 0. The average molecular weight is 269 g/mol. The van der Waals surface area contributed by atoms with Gasteiger partial charge in [0.05, 0.1) is 6.54 Å². The highest BCUT2D eigenvalue weighted by atomic mass is 16.4. The third kappa shape index (κ3) is 5.04. The Morgan fingerprint density at radius 2 is 2.16 bits per heavy atom. The molecule has 0 spiro atoms. The molecule has 0 aliphatic carbocycles. The number of carboxylic acids is 1. The van der Waals surface area contributed by atoms with Crippen LogP contribution in [0.4, 0.5) is 0 Å². The Kier molecular flexibility index (Phi) is 5.57. The van der Waals surface area contributed by atoms with Gasteiger partial charge in [-0.05, 0) is 31.2 Å². The van der Waals surface area contributed by atoms with Crippen LogP contribution >= 0.6 is 0 Å². The highest BCUT2D eigenvalue weighted by Crippen LogP contribution is 2.21. The van der Waals surface area contributed by atoms with Gasteiger partial charge in [-0.3, -0.25) is 0 Å². The minimum Gasteiger partial charge on any atom is -0.478 e. The first kappa shape index (κ1) is 15.7. The molecule has 0 amide bonds. The second-order valence-corrected chi connectivity index (χ2v) is 5.58. The summed E-state index contributed by atoms with van der Waals surface area (Å²) in [5.74, 6) is 0.104. The van der Waals surface area contributed by atoms with E-state index in [9.17, 15) is 4.79 Å². The van der Waals surface area contributed by atoms with Gasteiger partial charge in [-0.2, -0.15) is 0 Å². The molecule has 0 saturated heterocycles. The number of aliphatic hydroxyl groups is 1. The molecule has 0 radical (unpaired) electrons. The van der Waals surface area contributed by atoms with Crippen LogP contribution in [0.3, 0.4) is 0 Å². The van der Waals surface area contributed by atoms with E-state index < -0.39 is 5.97 Å². The lowest BCUT2D eigenvalue weighted by Gasteiger charge is -2.24. The van der Waals surface area contributed by atoms with Crippen molar-refractivity contribution in [3.63, 3.8) is 0 Å². The predicted octanol–water partition coefficient (Wildman–Crippen LogP) is 2.17. The van der Waals surface area contributed by atoms with Crippen molar-refractivity contribution in [1.29, 1.82) is 0 Å². The summed E-state index contributed by atoms with van der Waals surface area (Å²) in [6.07, 6.45) is 1.73. The van der Waals surface area contributed by atoms with Crippen LogP contribution in [0.2, 0.25) is 0 Å². The molecule has 19 heavy (non-hydrogen) atoms. The first-order valence-corrected chi connectivity index (χ1v) is 6.50. The number of nitrogens with one attached hydrogen (secondary N) is 1. The standard InChI is InChI=1S/C14H23NO4/c1-10-12(13(17)18)7-11(19-10)8-15-9-14(2,3)5-4-6-16/h7,15-16H,4-6,8-9H2,1-3H3,(H,17,18). The molecule has 1 rings (SSSR count). The summed E-state index contributed by atoms with van der Waals surface area (Å²) < 4.78 is 5.39. The number of furan rings is 1. The summed E-state index contributed by atoms with van der Waals surface area (Å²) in [6, 6.07) is 1.56. The molecule has 0 unspecified atom stereocenters. The van der Waals surface area contributed by atoms with E-state index in [-0.39, 0.29) is 17.6 Å². The summed E-state index contributed by atoms with van der Waals surface area (Å²) in [5, 5.41) is 21.0. The monoisotopic (exact) mass is 269 g/mol. The van der Waals surface area contributed by atoms with E-state index >= 15 is 0 Å². The van der Waals surface area contributed by atoms with Gasteiger partial charge in [-0.25, -0.2) is 4.79 Å². The van der Waals surface area contributed by atoms with Crippen molar-refractivity contribution >= 4 is 5.97 Å². The summed E-state index contributed by atoms with van der Waals surface area (Å²) in [6.45, 7) is 7.42.